The summed E-state index contributed by atoms with van der Waals surface area (Å²) in [4.78, 5) is 5.12. The average Bonchev–Trinajstić information content (AvgIpc) is 2.79. The molecule has 0 spiro atoms. The number of piperidine rings is 1. The standard InChI is InChI=1S/C17H33N3/c1-13-10-20(12-17(13)19(2)3)11-15-9-8-14-6-4-5-7-16(14)18-15/h13-18H,4-12H2,1-3H3. The normalized spacial score (nSPS) is 42.9. The van der Waals surface area contributed by atoms with Gasteiger partial charge in [-0.3, -0.25) is 4.90 Å². The van der Waals surface area contributed by atoms with E-state index in [2.05, 4.69) is 36.1 Å². The van der Waals surface area contributed by atoms with Crippen molar-refractivity contribution in [3.63, 3.8) is 0 Å². The van der Waals surface area contributed by atoms with E-state index >= 15 is 0 Å². The summed E-state index contributed by atoms with van der Waals surface area (Å²) in [6.07, 6.45) is 8.71. The van der Waals surface area contributed by atoms with Gasteiger partial charge in [0.2, 0.25) is 0 Å². The quantitative estimate of drug-likeness (QED) is 0.854. The van der Waals surface area contributed by atoms with E-state index in [1.54, 1.807) is 0 Å². The second-order valence-electron chi connectivity index (χ2n) is 7.82. The molecule has 2 heterocycles. The molecule has 3 rings (SSSR count). The minimum atomic E-state index is 0.751. The van der Waals surface area contributed by atoms with E-state index in [0.29, 0.717) is 0 Å². The van der Waals surface area contributed by atoms with Gasteiger partial charge < -0.3 is 10.2 Å². The molecule has 5 unspecified atom stereocenters. The van der Waals surface area contributed by atoms with Crippen LogP contribution in [0.15, 0.2) is 0 Å². The van der Waals surface area contributed by atoms with Crippen molar-refractivity contribution in [1.29, 1.82) is 0 Å². The molecule has 116 valence electrons. The number of fused-ring (bicyclic) bond motifs is 1. The van der Waals surface area contributed by atoms with Gasteiger partial charge in [0.1, 0.15) is 0 Å². The molecule has 0 bridgehead atoms. The number of nitrogens with one attached hydrogen (secondary N) is 1. The van der Waals surface area contributed by atoms with Crippen LogP contribution in [0.2, 0.25) is 0 Å². The summed E-state index contributed by atoms with van der Waals surface area (Å²) in [6.45, 7) is 6.24. The van der Waals surface area contributed by atoms with Gasteiger partial charge in [-0.2, -0.15) is 0 Å². The van der Waals surface area contributed by atoms with E-state index in [-0.39, 0.29) is 0 Å². The van der Waals surface area contributed by atoms with Crippen molar-refractivity contribution in [2.75, 3.05) is 33.7 Å². The maximum absolute atomic E-state index is 3.99. The summed E-state index contributed by atoms with van der Waals surface area (Å²) >= 11 is 0. The van der Waals surface area contributed by atoms with Crippen LogP contribution in [0.5, 0.6) is 0 Å². The molecule has 3 nitrogen and oxygen atoms in total. The van der Waals surface area contributed by atoms with Gasteiger partial charge in [-0.25, -0.2) is 0 Å². The molecule has 0 aromatic carbocycles. The second kappa shape index (κ2) is 6.33. The molecule has 1 N–H and O–H groups in total. The van der Waals surface area contributed by atoms with E-state index in [1.807, 2.05) is 0 Å². The van der Waals surface area contributed by atoms with Crippen LogP contribution < -0.4 is 5.32 Å². The Bertz CT molecular complexity index is 317. The third-order valence-electron chi connectivity index (χ3n) is 6.03. The lowest BCUT2D eigenvalue weighted by Gasteiger charge is -2.41. The summed E-state index contributed by atoms with van der Waals surface area (Å²) in [7, 11) is 4.46. The fourth-order valence-corrected chi connectivity index (χ4v) is 4.90. The Morgan fingerprint density at radius 1 is 1.05 bits per heavy atom. The van der Waals surface area contributed by atoms with Crippen molar-refractivity contribution in [1.82, 2.24) is 15.1 Å². The van der Waals surface area contributed by atoms with E-state index in [1.165, 1.54) is 58.2 Å². The first-order chi connectivity index (χ1) is 9.63. The lowest BCUT2D eigenvalue weighted by Crippen LogP contribution is -2.52. The SMILES string of the molecule is CC1CN(CC2CCC3CCCCC3N2)CC1N(C)C. The molecule has 1 aliphatic carbocycles. The Morgan fingerprint density at radius 3 is 2.60 bits per heavy atom. The van der Waals surface area contributed by atoms with E-state index in [0.717, 1.165) is 30.0 Å². The van der Waals surface area contributed by atoms with Crippen molar-refractivity contribution in [3.05, 3.63) is 0 Å². The zero-order valence-electron chi connectivity index (χ0n) is 13.6. The highest BCUT2D eigenvalue weighted by Crippen LogP contribution is 2.32. The van der Waals surface area contributed by atoms with Crippen LogP contribution >= 0.6 is 0 Å². The van der Waals surface area contributed by atoms with Crippen LogP contribution in [-0.2, 0) is 0 Å². The van der Waals surface area contributed by atoms with Gasteiger partial charge in [-0.05, 0) is 51.6 Å². The zero-order chi connectivity index (χ0) is 14.1. The molecule has 5 atom stereocenters. The summed E-state index contributed by atoms with van der Waals surface area (Å²) in [5, 5.41) is 3.99. The molecule has 2 aliphatic heterocycles. The zero-order valence-corrected chi connectivity index (χ0v) is 13.6. The molecular weight excluding hydrogens is 246 g/mol. The Morgan fingerprint density at radius 2 is 1.85 bits per heavy atom. The summed E-state index contributed by atoms with van der Waals surface area (Å²) in [5.41, 5.74) is 0. The number of likely N-dealkylation sites (N-methyl/N-ethyl adjacent to an activating group) is 1. The summed E-state index contributed by atoms with van der Waals surface area (Å²) in [6, 6.07) is 2.34. The number of hydrogen-bond donors (Lipinski definition) is 1. The maximum Gasteiger partial charge on any atom is 0.0254 e. The summed E-state index contributed by atoms with van der Waals surface area (Å²) < 4.78 is 0. The monoisotopic (exact) mass is 279 g/mol. The first-order valence-electron chi connectivity index (χ1n) is 8.78. The average molecular weight is 279 g/mol. The van der Waals surface area contributed by atoms with Gasteiger partial charge in [0.25, 0.3) is 0 Å². The van der Waals surface area contributed by atoms with Crippen molar-refractivity contribution in [2.45, 2.75) is 63.6 Å². The molecule has 0 amide bonds. The fourth-order valence-electron chi connectivity index (χ4n) is 4.90. The van der Waals surface area contributed by atoms with Crippen LogP contribution in [0.3, 0.4) is 0 Å². The molecule has 20 heavy (non-hydrogen) atoms. The molecule has 3 fully saturated rings. The first kappa shape index (κ1) is 14.8. The number of rotatable bonds is 3. The highest BCUT2D eigenvalue weighted by molar-refractivity contribution is 4.93. The smallest absolute Gasteiger partial charge is 0.0254 e. The summed E-state index contributed by atoms with van der Waals surface area (Å²) in [5.74, 6) is 1.81. The second-order valence-corrected chi connectivity index (χ2v) is 7.82. The predicted molar refractivity (Wildman–Crippen MR) is 85.0 cm³/mol. The van der Waals surface area contributed by atoms with Gasteiger partial charge in [-0.15, -0.1) is 0 Å². The molecule has 3 heteroatoms. The van der Waals surface area contributed by atoms with E-state index < -0.39 is 0 Å². The molecule has 3 aliphatic rings. The number of likely N-dealkylation sites (tertiary alicyclic amines) is 1. The Labute approximate surface area is 125 Å². The van der Waals surface area contributed by atoms with Crippen LogP contribution in [0.4, 0.5) is 0 Å². The molecular formula is C17H33N3. The third kappa shape index (κ3) is 3.20. The Hall–Kier alpha value is -0.120. The minimum Gasteiger partial charge on any atom is -0.310 e. The Balaban J connectivity index is 1.49. The third-order valence-corrected chi connectivity index (χ3v) is 6.03. The van der Waals surface area contributed by atoms with Gasteiger partial charge >= 0.3 is 0 Å². The molecule has 2 saturated heterocycles. The maximum atomic E-state index is 3.99. The van der Waals surface area contributed by atoms with Gasteiger partial charge in [0.05, 0.1) is 0 Å². The number of hydrogen-bond acceptors (Lipinski definition) is 3. The van der Waals surface area contributed by atoms with Crippen molar-refractivity contribution in [2.24, 2.45) is 11.8 Å². The van der Waals surface area contributed by atoms with Crippen LogP contribution in [0.25, 0.3) is 0 Å². The highest BCUT2D eigenvalue weighted by Gasteiger charge is 2.35. The molecule has 0 aromatic rings. The molecule has 0 aromatic heterocycles. The highest BCUT2D eigenvalue weighted by atomic mass is 15.3. The molecule has 1 saturated carbocycles. The number of nitrogens with zero attached hydrogens (tertiary/aromatic N) is 2. The van der Waals surface area contributed by atoms with Gasteiger partial charge in [0, 0.05) is 37.8 Å². The largest absolute Gasteiger partial charge is 0.310 e. The van der Waals surface area contributed by atoms with Crippen LogP contribution in [-0.4, -0.2) is 61.7 Å². The predicted octanol–water partition coefficient (Wildman–Crippen LogP) is 2.18. The first-order valence-corrected chi connectivity index (χ1v) is 8.78. The minimum absolute atomic E-state index is 0.751. The molecule has 0 radical (unpaired) electrons. The van der Waals surface area contributed by atoms with Gasteiger partial charge in [-0.1, -0.05) is 19.8 Å². The fraction of sp³-hybridized carbons (Fsp3) is 1.00. The van der Waals surface area contributed by atoms with E-state index in [9.17, 15) is 0 Å². The lowest BCUT2D eigenvalue weighted by molar-refractivity contribution is 0.149. The van der Waals surface area contributed by atoms with Gasteiger partial charge in [0.15, 0.2) is 0 Å². The van der Waals surface area contributed by atoms with E-state index in [4.69, 9.17) is 0 Å². The Kier molecular flexibility index (Phi) is 4.68. The van der Waals surface area contributed by atoms with Crippen molar-refractivity contribution in [3.8, 4) is 0 Å². The van der Waals surface area contributed by atoms with Crippen LogP contribution in [0, 0.1) is 11.8 Å². The lowest BCUT2D eigenvalue weighted by atomic mass is 9.78. The topological polar surface area (TPSA) is 18.5 Å². The van der Waals surface area contributed by atoms with Crippen molar-refractivity contribution < 1.29 is 0 Å². The van der Waals surface area contributed by atoms with Crippen LogP contribution in [0.1, 0.15) is 45.4 Å². The van der Waals surface area contributed by atoms with Crippen molar-refractivity contribution >= 4 is 0 Å².